The number of anilines is 2. The van der Waals surface area contributed by atoms with Crippen molar-refractivity contribution in [3.8, 4) is 11.5 Å². The van der Waals surface area contributed by atoms with E-state index in [0.717, 1.165) is 47.6 Å². The quantitative estimate of drug-likeness (QED) is 0.111. The van der Waals surface area contributed by atoms with Gasteiger partial charge in [-0.05, 0) is 77.9 Å². The van der Waals surface area contributed by atoms with Crippen LogP contribution in [0.4, 0.5) is 16.2 Å². The number of halogens is 1. The highest BCUT2D eigenvalue weighted by atomic mass is 35.5. The van der Waals surface area contributed by atoms with E-state index >= 15 is 0 Å². The minimum atomic E-state index is -0.795. The van der Waals surface area contributed by atoms with Gasteiger partial charge in [-0.2, -0.15) is 0 Å². The first-order valence-corrected chi connectivity index (χ1v) is 16.9. The topological polar surface area (TPSA) is 88.2 Å². The summed E-state index contributed by atoms with van der Waals surface area (Å²) in [5.74, 6) is -0.681. The zero-order valence-corrected chi connectivity index (χ0v) is 27.9. The van der Waals surface area contributed by atoms with Gasteiger partial charge >= 0.3 is 6.03 Å². The zero-order chi connectivity index (χ0) is 34.1. The first-order valence-electron chi connectivity index (χ1n) is 16.5. The number of carbonyl (C=O) groups excluding carboxylic acids is 3. The van der Waals surface area contributed by atoms with E-state index in [4.69, 9.17) is 21.1 Å². The van der Waals surface area contributed by atoms with E-state index in [1.54, 1.807) is 18.2 Å². The molecule has 0 radical (unpaired) electrons. The molecule has 0 unspecified atom stereocenters. The maximum absolute atomic E-state index is 14.3. The molecule has 8 nitrogen and oxygen atoms in total. The molecule has 248 valence electrons. The van der Waals surface area contributed by atoms with Crippen LogP contribution < -0.4 is 24.6 Å². The van der Waals surface area contributed by atoms with Crippen LogP contribution >= 0.6 is 11.6 Å². The lowest BCUT2D eigenvalue weighted by atomic mass is 9.76. The summed E-state index contributed by atoms with van der Waals surface area (Å²) in [4.78, 5) is 44.6. The normalized spacial score (nSPS) is 19.4. The van der Waals surface area contributed by atoms with Gasteiger partial charge in [0.25, 0.3) is 11.8 Å². The first kappa shape index (κ1) is 32.2. The lowest BCUT2D eigenvalue weighted by Crippen LogP contribution is -2.54. The Kier molecular flexibility index (Phi) is 8.97. The fourth-order valence-electron chi connectivity index (χ4n) is 7.24. The number of barbiturate groups is 1. The van der Waals surface area contributed by atoms with Crippen LogP contribution in [0.2, 0.25) is 5.02 Å². The van der Waals surface area contributed by atoms with Crippen LogP contribution in [0.25, 0.3) is 6.08 Å². The molecule has 49 heavy (non-hydrogen) atoms. The van der Waals surface area contributed by atoms with Gasteiger partial charge < -0.3 is 14.4 Å². The molecule has 0 spiro atoms. The fraction of sp³-hybridized carbons (Fsp3) is 0.225. The molecule has 0 saturated carbocycles. The molecule has 3 aliphatic rings. The summed E-state index contributed by atoms with van der Waals surface area (Å²) in [6, 6.07) is 27.0. The van der Waals surface area contributed by atoms with Gasteiger partial charge in [0.1, 0.15) is 12.2 Å². The van der Waals surface area contributed by atoms with Crippen molar-refractivity contribution in [2.45, 2.75) is 31.6 Å². The number of imide groups is 2. The van der Waals surface area contributed by atoms with Crippen LogP contribution in [0.5, 0.6) is 11.5 Å². The van der Waals surface area contributed by atoms with E-state index in [0.29, 0.717) is 29.4 Å². The summed E-state index contributed by atoms with van der Waals surface area (Å²) >= 11 is 6.57. The monoisotopic (exact) mass is 673 g/mol. The summed E-state index contributed by atoms with van der Waals surface area (Å²) < 4.78 is 11.5. The Morgan fingerprint density at radius 1 is 0.878 bits per heavy atom. The maximum Gasteiger partial charge on any atom is 0.335 e. The molecule has 3 aliphatic heterocycles. The SMILES string of the molecule is C=CCOc1c(Cl)cc(/C=C2\C(=O)NC(=O)N(c3cc4c5c(c3)[C@H](c3ccccc3)CCN5CC[C@@H]4c3ccccc3)C2=O)cc1OCC. The number of amides is 4. The van der Waals surface area contributed by atoms with Gasteiger partial charge in [-0.3, -0.25) is 14.9 Å². The van der Waals surface area contributed by atoms with Gasteiger partial charge in [-0.25, -0.2) is 9.69 Å². The highest BCUT2D eigenvalue weighted by molar-refractivity contribution is 6.39. The number of nitrogens with zero attached hydrogens (tertiary/aromatic N) is 2. The number of hydrogen-bond acceptors (Lipinski definition) is 6. The van der Waals surface area contributed by atoms with Crippen LogP contribution in [0.15, 0.2) is 103 Å². The molecule has 1 N–H and O–H groups in total. The summed E-state index contributed by atoms with van der Waals surface area (Å²) in [6.45, 7) is 7.89. The summed E-state index contributed by atoms with van der Waals surface area (Å²) in [6.07, 6.45) is 4.81. The van der Waals surface area contributed by atoms with Gasteiger partial charge in [0.2, 0.25) is 0 Å². The Balaban J connectivity index is 1.35. The molecular formula is C40H36ClN3O5. The molecule has 1 saturated heterocycles. The van der Waals surface area contributed by atoms with Crippen molar-refractivity contribution in [1.29, 1.82) is 0 Å². The Bertz CT molecular complexity index is 1900. The predicted molar refractivity (Wildman–Crippen MR) is 192 cm³/mol. The van der Waals surface area contributed by atoms with Gasteiger partial charge in [-0.1, -0.05) is 84.9 Å². The van der Waals surface area contributed by atoms with Crippen LogP contribution in [-0.2, 0) is 9.59 Å². The second-order valence-corrected chi connectivity index (χ2v) is 12.7. The molecule has 9 heteroatoms. The third-order valence-corrected chi connectivity index (χ3v) is 9.63. The van der Waals surface area contributed by atoms with Crippen LogP contribution in [-0.4, -0.2) is 44.1 Å². The third-order valence-electron chi connectivity index (χ3n) is 9.35. The number of carbonyl (C=O) groups is 3. The second-order valence-electron chi connectivity index (χ2n) is 12.3. The van der Waals surface area contributed by atoms with Crippen molar-refractivity contribution in [2.24, 2.45) is 0 Å². The molecule has 1 fully saturated rings. The van der Waals surface area contributed by atoms with Crippen molar-refractivity contribution in [3.05, 3.63) is 136 Å². The summed E-state index contributed by atoms with van der Waals surface area (Å²) in [5, 5.41) is 2.64. The number of nitrogens with one attached hydrogen (secondary N) is 1. The number of benzene rings is 4. The molecule has 0 aromatic heterocycles. The first-order chi connectivity index (χ1) is 23.9. The van der Waals surface area contributed by atoms with Crippen molar-refractivity contribution >= 4 is 46.9 Å². The highest BCUT2D eigenvalue weighted by Gasteiger charge is 2.40. The van der Waals surface area contributed by atoms with Gasteiger partial charge in [0.05, 0.1) is 17.3 Å². The van der Waals surface area contributed by atoms with E-state index in [-0.39, 0.29) is 29.0 Å². The van der Waals surface area contributed by atoms with Crippen molar-refractivity contribution in [2.75, 3.05) is 36.1 Å². The number of ether oxygens (including phenoxy) is 2. The number of urea groups is 1. The van der Waals surface area contributed by atoms with Crippen LogP contribution in [0, 0.1) is 0 Å². The molecule has 0 aliphatic carbocycles. The number of rotatable bonds is 9. The van der Waals surface area contributed by atoms with Crippen molar-refractivity contribution in [1.82, 2.24) is 5.32 Å². The minimum Gasteiger partial charge on any atom is -0.490 e. The smallest absolute Gasteiger partial charge is 0.335 e. The average molecular weight is 674 g/mol. The minimum absolute atomic E-state index is 0.0706. The summed E-state index contributed by atoms with van der Waals surface area (Å²) in [7, 11) is 0. The standard InChI is InChI=1S/C40H36ClN3O5/c1-3-19-49-37-34(41)21-25(22-35(37)48-4-2)20-33-38(45)42-40(47)44(39(33)46)28-23-31-29(26-11-7-5-8-12-26)15-17-43-18-16-30(32(24-28)36(31)43)27-13-9-6-10-14-27/h3,5-14,20-24,29-30H,1,4,15-19H2,2H3,(H,42,45,47)/b33-20+/t29-,30+. The largest absolute Gasteiger partial charge is 0.490 e. The Morgan fingerprint density at radius 3 is 2.06 bits per heavy atom. The summed E-state index contributed by atoms with van der Waals surface area (Å²) in [5.41, 5.74) is 6.31. The molecule has 4 aromatic rings. The average Bonchev–Trinajstić information content (AvgIpc) is 3.11. The molecule has 3 heterocycles. The Morgan fingerprint density at radius 2 is 1.49 bits per heavy atom. The number of hydrogen-bond donors (Lipinski definition) is 1. The van der Waals surface area contributed by atoms with Gasteiger partial charge in [0, 0.05) is 30.6 Å². The molecule has 7 rings (SSSR count). The van der Waals surface area contributed by atoms with Gasteiger partial charge in [-0.15, -0.1) is 0 Å². The second kappa shape index (κ2) is 13.6. The van der Waals surface area contributed by atoms with Crippen molar-refractivity contribution in [3.63, 3.8) is 0 Å². The van der Waals surface area contributed by atoms with E-state index < -0.39 is 17.8 Å². The molecule has 4 aromatic carbocycles. The molecule has 2 atom stereocenters. The zero-order valence-electron chi connectivity index (χ0n) is 27.2. The lowest BCUT2D eigenvalue weighted by molar-refractivity contribution is -0.122. The van der Waals surface area contributed by atoms with Crippen LogP contribution in [0.1, 0.15) is 59.4 Å². The van der Waals surface area contributed by atoms with Gasteiger partial charge in [0.15, 0.2) is 11.5 Å². The van der Waals surface area contributed by atoms with Crippen molar-refractivity contribution < 1.29 is 23.9 Å². The predicted octanol–water partition coefficient (Wildman–Crippen LogP) is 7.85. The molecule has 0 bridgehead atoms. The molecule has 4 amide bonds. The molecular weight excluding hydrogens is 638 g/mol. The highest BCUT2D eigenvalue weighted by Crippen LogP contribution is 2.50. The fourth-order valence-corrected chi connectivity index (χ4v) is 7.52. The van der Waals surface area contributed by atoms with E-state index in [2.05, 4.69) is 41.1 Å². The van der Waals surface area contributed by atoms with Crippen LogP contribution in [0.3, 0.4) is 0 Å². The Labute approximate surface area is 290 Å². The third kappa shape index (κ3) is 6.08. The van der Waals surface area contributed by atoms with E-state index in [9.17, 15) is 14.4 Å². The van der Waals surface area contributed by atoms with E-state index in [1.807, 2.05) is 55.5 Å². The van der Waals surface area contributed by atoms with E-state index in [1.165, 1.54) is 17.2 Å². The lowest BCUT2D eigenvalue weighted by Gasteiger charge is -2.44. The Hall–Kier alpha value is -5.34. The maximum atomic E-state index is 14.3.